The van der Waals surface area contributed by atoms with E-state index in [1.165, 1.54) is 0 Å². The molecule has 8 heteroatoms. The summed E-state index contributed by atoms with van der Waals surface area (Å²) in [5.41, 5.74) is 13.5. The van der Waals surface area contributed by atoms with Crippen LogP contribution in [0.1, 0.15) is 31.2 Å². The van der Waals surface area contributed by atoms with Crippen molar-refractivity contribution >= 4 is 27.7 Å². The van der Waals surface area contributed by atoms with Crippen molar-refractivity contribution in [1.82, 2.24) is 4.90 Å². The lowest BCUT2D eigenvalue weighted by atomic mass is 9.93. The fourth-order valence-electron chi connectivity index (χ4n) is 3.78. The Bertz CT molecular complexity index is 785. The van der Waals surface area contributed by atoms with Crippen LogP contribution in [0, 0.1) is 0 Å². The first-order valence-electron chi connectivity index (χ1n) is 8.47. The van der Waals surface area contributed by atoms with E-state index in [4.69, 9.17) is 21.0 Å². The van der Waals surface area contributed by atoms with Crippen molar-refractivity contribution in [2.24, 2.45) is 16.6 Å². The molecule has 1 heterocycles. The van der Waals surface area contributed by atoms with E-state index in [9.17, 15) is 4.79 Å². The Labute approximate surface area is 161 Å². The lowest BCUT2D eigenvalue weighted by Crippen LogP contribution is -2.45. The van der Waals surface area contributed by atoms with Gasteiger partial charge in [-0.1, -0.05) is 33.9 Å². The fourth-order valence-corrected chi connectivity index (χ4v) is 4.19. The molecule has 140 valence electrons. The van der Waals surface area contributed by atoms with Crippen LogP contribution in [-0.4, -0.2) is 36.3 Å². The first kappa shape index (κ1) is 18.6. The van der Waals surface area contributed by atoms with Gasteiger partial charge in [0.2, 0.25) is 0 Å². The maximum Gasteiger partial charge on any atom is 0.260 e. The Morgan fingerprint density at radius 1 is 1.38 bits per heavy atom. The maximum atomic E-state index is 12.6. The van der Waals surface area contributed by atoms with E-state index in [-0.39, 0.29) is 23.9 Å². The Morgan fingerprint density at radius 2 is 2.08 bits per heavy atom. The number of hydrogen-bond acceptors (Lipinski definition) is 5. The van der Waals surface area contributed by atoms with Gasteiger partial charge in [0.25, 0.3) is 5.91 Å². The van der Waals surface area contributed by atoms with Crippen molar-refractivity contribution in [2.75, 3.05) is 14.2 Å². The van der Waals surface area contributed by atoms with Crippen molar-refractivity contribution < 1.29 is 14.4 Å². The maximum absolute atomic E-state index is 12.6. The third kappa shape index (κ3) is 3.02. The molecule has 0 saturated heterocycles. The first-order valence-corrected chi connectivity index (χ1v) is 9.26. The number of methoxy groups -OCH3 is 1. The normalized spacial score (nSPS) is 19.6. The second kappa shape index (κ2) is 7.19. The molecule has 1 amide bonds. The molecule has 1 saturated carbocycles. The summed E-state index contributed by atoms with van der Waals surface area (Å²) in [6.07, 6.45) is 3.80. The summed E-state index contributed by atoms with van der Waals surface area (Å²) in [6, 6.07) is 5.58. The highest BCUT2D eigenvalue weighted by Crippen LogP contribution is 2.44. The molecule has 0 atom stereocenters. The largest absolute Gasteiger partial charge is 0.496 e. The standard InChI is InChI=1S/C18H23BrN4O3/c1-23-17(24)14(15(20)18(23)7-3-4-8-18)16(21)22-26-10-11-9-12(19)5-6-13(11)25-2/h5-6,9H,3-4,7-8,10,20H2,1-2H3,(H2,21,22). The topological polar surface area (TPSA) is 103 Å². The molecule has 0 unspecified atom stereocenters. The highest BCUT2D eigenvalue weighted by molar-refractivity contribution is 9.10. The van der Waals surface area contributed by atoms with Crippen LogP contribution in [0.15, 0.2) is 39.1 Å². The highest BCUT2D eigenvalue weighted by Gasteiger charge is 2.51. The van der Waals surface area contributed by atoms with Gasteiger partial charge in [-0.3, -0.25) is 4.79 Å². The van der Waals surface area contributed by atoms with Gasteiger partial charge < -0.3 is 25.9 Å². The van der Waals surface area contributed by atoms with E-state index >= 15 is 0 Å². The summed E-state index contributed by atoms with van der Waals surface area (Å²) in [6.45, 7) is 0.158. The molecule has 0 radical (unpaired) electrons. The molecule has 1 aliphatic carbocycles. The number of oxime groups is 1. The number of nitrogens with zero attached hydrogens (tertiary/aromatic N) is 2. The molecule has 1 fully saturated rings. The van der Waals surface area contributed by atoms with Gasteiger partial charge in [-0.15, -0.1) is 0 Å². The van der Waals surface area contributed by atoms with Crippen LogP contribution in [0.25, 0.3) is 0 Å². The van der Waals surface area contributed by atoms with E-state index in [0.29, 0.717) is 11.4 Å². The number of halogens is 1. The minimum Gasteiger partial charge on any atom is -0.496 e. The third-order valence-electron chi connectivity index (χ3n) is 5.24. The van der Waals surface area contributed by atoms with Crippen molar-refractivity contribution in [3.63, 3.8) is 0 Å². The van der Waals surface area contributed by atoms with Crippen LogP contribution in [0.3, 0.4) is 0 Å². The van der Waals surface area contributed by atoms with Crippen LogP contribution in [0.2, 0.25) is 0 Å². The van der Waals surface area contributed by atoms with Gasteiger partial charge >= 0.3 is 0 Å². The number of benzene rings is 1. The number of nitrogens with two attached hydrogens (primary N) is 2. The highest BCUT2D eigenvalue weighted by atomic mass is 79.9. The van der Waals surface area contributed by atoms with Gasteiger partial charge in [0, 0.05) is 17.1 Å². The molecule has 0 aromatic heterocycles. The molecule has 1 aliphatic heterocycles. The van der Waals surface area contributed by atoms with E-state index in [1.54, 1.807) is 19.1 Å². The molecule has 1 spiro atoms. The van der Waals surface area contributed by atoms with Gasteiger partial charge in [-0.2, -0.15) is 0 Å². The number of ether oxygens (including phenoxy) is 1. The van der Waals surface area contributed by atoms with Gasteiger partial charge in [0.05, 0.1) is 18.3 Å². The minimum absolute atomic E-state index is 0.0112. The second-order valence-electron chi connectivity index (χ2n) is 6.60. The van der Waals surface area contributed by atoms with Crippen LogP contribution in [0.5, 0.6) is 5.75 Å². The van der Waals surface area contributed by atoms with Gasteiger partial charge in [-0.05, 0) is 31.0 Å². The van der Waals surface area contributed by atoms with E-state index in [0.717, 1.165) is 35.7 Å². The number of rotatable bonds is 5. The summed E-state index contributed by atoms with van der Waals surface area (Å²) in [4.78, 5) is 19.7. The van der Waals surface area contributed by atoms with Gasteiger partial charge in [0.15, 0.2) is 5.84 Å². The minimum atomic E-state index is -0.417. The summed E-state index contributed by atoms with van der Waals surface area (Å²) in [5.74, 6) is 0.494. The van der Waals surface area contributed by atoms with Crippen LogP contribution in [0.4, 0.5) is 0 Å². The first-order chi connectivity index (χ1) is 12.4. The van der Waals surface area contributed by atoms with Crippen molar-refractivity contribution in [1.29, 1.82) is 0 Å². The number of amidine groups is 1. The molecule has 7 nitrogen and oxygen atoms in total. The van der Waals surface area contributed by atoms with Crippen molar-refractivity contribution in [3.05, 3.63) is 39.5 Å². The van der Waals surface area contributed by atoms with Crippen molar-refractivity contribution in [2.45, 2.75) is 37.8 Å². The molecule has 2 aliphatic rings. The number of likely N-dealkylation sites (N-methyl/N-ethyl adjacent to an activating group) is 1. The summed E-state index contributed by atoms with van der Waals surface area (Å²) < 4.78 is 6.20. The van der Waals surface area contributed by atoms with Crippen molar-refractivity contribution in [3.8, 4) is 5.75 Å². The Kier molecular flexibility index (Phi) is 5.13. The molecule has 0 bridgehead atoms. The van der Waals surface area contributed by atoms with E-state index in [2.05, 4.69) is 21.1 Å². The lowest BCUT2D eigenvalue weighted by Gasteiger charge is -2.33. The number of carbonyl (C=O) groups excluding carboxylic acids is 1. The molecule has 1 aromatic carbocycles. The van der Waals surface area contributed by atoms with Crippen LogP contribution in [-0.2, 0) is 16.2 Å². The summed E-state index contributed by atoms with van der Waals surface area (Å²) >= 11 is 3.41. The van der Waals surface area contributed by atoms with Gasteiger partial charge in [0.1, 0.15) is 17.9 Å². The van der Waals surface area contributed by atoms with E-state index < -0.39 is 5.54 Å². The summed E-state index contributed by atoms with van der Waals surface area (Å²) in [7, 11) is 3.36. The van der Waals surface area contributed by atoms with E-state index in [1.807, 2.05) is 18.2 Å². The number of hydrogen-bond donors (Lipinski definition) is 2. The molecule has 3 rings (SSSR count). The number of carbonyl (C=O) groups is 1. The number of amides is 1. The molecule has 26 heavy (non-hydrogen) atoms. The second-order valence-corrected chi connectivity index (χ2v) is 7.51. The third-order valence-corrected chi connectivity index (χ3v) is 5.74. The Morgan fingerprint density at radius 3 is 2.73 bits per heavy atom. The predicted octanol–water partition coefficient (Wildman–Crippen LogP) is 2.24. The average Bonchev–Trinajstić information content (AvgIpc) is 3.17. The smallest absolute Gasteiger partial charge is 0.260 e. The van der Waals surface area contributed by atoms with Crippen LogP contribution >= 0.6 is 15.9 Å². The molecule has 4 N–H and O–H groups in total. The quantitative estimate of drug-likeness (QED) is 0.430. The zero-order valence-corrected chi connectivity index (χ0v) is 16.5. The Hall–Kier alpha value is -2.22. The molecular formula is C18H23BrN4O3. The van der Waals surface area contributed by atoms with Crippen LogP contribution < -0.4 is 16.2 Å². The molecular weight excluding hydrogens is 400 g/mol. The monoisotopic (exact) mass is 422 g/mol. The SMILES string of the molecule is COc1ccc(Br)cc1CO/N=C(/N)C1=C(N)C2(CCCC2)N(C)C1=O. The summed E-state index contributed by atoms with van der Waals surface area (Å²) in [5, 5.41) is 3.93. The Balaban J connectivity index is 1.79. The average molecular weight is 423 g/mol. The molecule has 1 aromatic rings. The predicted molar refractivity (Wildman–Crippen MR) is 102 cm³/mol. The zero-order chi connectivity index (χ0) is 18.9. The zero-order valence-electron chi connectivity index (χ0n) is 14.9. The lowest BCUT2D eigenvalue weighted by molar-refractivity contribution is -0.127. The van der Waals surface area contributed by atoms with Gasteiger partial charge in [-0.25, -0.2) is 0 Å². The fraction of sp³-hybridized carbons (Fsp3) is 0.444.